The fourth-order valence-electron chi connectivity index (χ4n) is 3.18. The lowest BCUT2D eigenvalue weighted by Crippen LogP contribution is -2.49. The summed E-state index contributed by atoms with van der Waals surface area (Å²) in [7, 11) is 0. The molecule has 5 heteroatoms. The van der Waals surface area contributed by atoms with E-state index in [4.69, 9.17) is 0 Å². The van der Waals surface area contributed by atoms with Crippen molar-refractivity contribution >= 4 is 23.6 Å². The Morgan fingerprint density at radius 1 is 1.38 bits per heavy atom. The van der Waals surface area contributed by atoms with Crippen LogP contribution in [0.25, 0.3) is 0 Å². The lowest BCUT2D eigenvalue weighted by molar-refractivity contribution is -0.150. The minimum atomic E-state index is -0.887. The smallest absolute Gasteiger partial charge is 0.327 e. The first kappa shape index (κ1) is 14.4. The molecular formula is C16H19NO3S. The summed E-state index contributed by atoms with van der Waals surface area (Å²) in [6.45, 7) is 2.07. The lowest BCUT2D eigenvalue weighted by atomic mass is 9.76. The molecule has 0 saturated carbocycles. The maximum Gasteiger partial charge on any atom is 0.327 e. The van der Waals surface area contributed by atoms with Crippen molar-refractivity contribution in [3.05, 3.63) is 35.4 Å². The van der Waals surface area contributed by atoms with E-state index in [1.807, 2.05) is 24.3 Å². The Morgan fingerprint density at radius 2 is 2.14 bits per heavy atom. The van der Waals surface area contributed by atoms with E-state index in [2.05, 4.69) is 6.92 Å². The molecular weight excluding hydrogens is 286 g/mol. The molecule has 1 N–H and O–H groups in total. The van der Waals surface area contributed by atoms with Gasteiger partial charge in [-0.25, -0.2) is 4.79 Å². The monoisotopic (exact) mass is 305 g/mol. The molecule has 3 atom stereocenters. The number of nitrogens with zero attached hydrogens (tertiary/aromatic N) is 1. The summed E-state index contributed by atoms with van der Waals surface area (Å²) in [5.74, 6) is -0.548. The first-order valence-electron chi connectivity index (χ1n) is 7.38. The van der Waals surface area contributed by atoms with Crippen LogP contribution in [-0.4, -0.2) is 39.1 Å². The quantitative estimate of drug-likeness (QED) is 0.928. The second kappa shape index (κ2) is 5.72. The fraction of sp³-hybridized carbons (Fsp3) is 0.500. The molecule has 0 aromatic heterocycles. The van der Waals surface area contributed by atoms with Gasteiger partial charge in [0.05, 0.1) is 11.3 Å². The Balaban J connectivity index is 1.83. The summed E-state index contributed by atoms with van der Waals surface area (Å²) in [6.07, 6.45) is 2.55. The molecule has 1 amide bonds. The van der Waals surface area contributed by atoms with Gasteiger partial charge in [-0.15, -0.1) is 11.8 Å². The number of aliphatic carboxylic acids is 1. The predicted molar refractivity (Wildman–Crippen MR) is 82.3 cm³/mol. The molecule has 1 aromatic carbocycles. The van der Waals surface area contributed by atoms with E-state index in [-0.39, 0.29) is 17.2 Å². The lowest BCUT2D eigenvalue weighted by Gasteiger charge is -2.36. The highest BCUT2D eigenvalue weighted by Crippen LogP contribution is 2.40. The van der Waals surface area contributed by atoms with Gasteiger partial charge in [0.1, 0.15) is 6.04 Å². The second-order valence-electron chi connectivity index (χ2n) is 5.63. The van der Waals surface area contributed by atoms with Crippen LogP contribution in [0.15, 0.2) is 24.3 Å². The minimum Gasteiger partial charge on any atom is -0.480 e. The van der Waals surface area contributed by atoms with Crippen molar-refractivity contribution in [1.82, 2.24) is 4.90 Å². The molecule has 0 spiro atoms. The third kappa shape index (κ3) is 2.44. The van der Waals surface area contributed by atoms with Crippen LogP contribution in [0.5, 0.6) is 0 Å². The highest BCUT2D eigenvalue weighted by Gasteiger charge is 2.45. The van der Waals surface area contributed by atoms with Gasteiger partial charge in [-0.3, -0.25) is 4.79 Å². The molecule has 1 fully saturated rings. The van der Waals surface area contributed by atoms with Crippen molar-refractivity contribution < 1.29 is 14.7 Å². The molecule has 112 valence electrons. The number of carboxylic acid groups (broad SMARTS) is 1. The molecule has 21 heavy (non-hydrogen) atoms. The second-order valence-corrected chi connectivity index (χ2v) is 6.84. The van der Waals surface area contributed by atoms with Gasteiger partial charge >= 0.3 is 5.97 Å². The van der Waals surface area contributed by atoms with Gasteiger partial charge in [-0.1, -0.05) is 37.6 Å². The van der Waals surface area contributed by atoms with Crippen LogP contribution in [0, 0.1) is 0 Å². The molecule has 3 rings (SSSR count). The first-order chi connectivity index (χ1) is 10.1. The number of carbonyl (C=O) groups is 2. The van der Waals surface area contributed by atoms with E-state index in [9.17, 15) is 14.7 Å². The van der Waals surface area contributed by atoms with Gasteiger partial charge in [-0.2, -0.15) is 0 Å². The van der Waals surface area contributed by atoms with Gasteiger partial charge < -0.3 is 10.0 Å². The number of rotatable bonds is 4. The molecule has 0 radical (unpaired) electrons. The first-order valence-corrected chi connectivity index (χ1v) is 8.42. The maximum atomic E-state index is 12.8. The number of fused-ring (bicyclic) bond motifs is 1. The predicted octanol–water partition coefficient (Wildman–Crippen LogP) is 2.48. The molecule has 3 unspecified atom stereocenters. The Bertz CT molecular complexity index is 574. The Kier molecular flexibility index (Phi) is 3.93. The van der Waals surface area contributed by atoms with Crippen LogP contribution in [-0.2, 0) is 16.0 Å². The van der Waals surface area contributed by atoms with Gasteiger partial charge in [0.25, 0.3) is 0 Å². The number of carbonyl (C=O) groups excluding carboxylic acids is 1. The van der Waals surface area contributed by atoms with Crippen molar-refractivity contribution in [1.29, 1.82) is 0 Å². The number of carboxylic acids is 1. The van der Waals surface area contributed by atoms with Crippen LogP contribution in [0.4, 0.5) is 0 Å². The molecule has 1 aromatic rings. The highest BCUT2D eigenvalue weighted by atomic mass is 32.2. The number of benzene rings is 1. The molecule has 1 aliphatic heterocycles. The molecule has 0 bridgehead atoms. The summed E-state index contributed by atoms with van der Waals surface area (Å²) in [5, 5.41) is 9.39. The molecule has 1 aliphatic carbocycles. The summed E-state index contributed by atoms with van der Waals surface area (Å²) in [5.41, 5.74) is 2.28. The topological polar surface area (TPSA) is 57.6 Å². The van der Waals surface area contributed by atoms with E-state index in [0.29, 0.717) is 5.75 Å². The van der Waals surface area contributed by atoms with E-state index >= 15 is 0 Å². The SMILES string of the molecule is CCCC1SCC(C(=O)O)N1C(=O)C1Cc2ccccc21. The van der Waals surface area contributed by atoms with Crippen molar-refractivity contribution in [2.75, 3.05) is 5.75 Å². The highest BCUT2D eigenvalue weighted by molar-refractivity contribution is 8.00. The van der Waals surface area contributed by atoms with Crippen molar-refractivity contribution in [3.8, 4) is 0 Å². The van der Waals surface area contributed by atoms with Gasteiger partial charge in [-0.05, 0) is 24.0 Å². The van der Waals surface area contributed by atoms with E-state index < -0.39 is 12.0 Å². The van der Waals surface area contributed by atoms with Crippen LogP contribution >= 0.6 is 11.8 Å². The standard InChI is InChI=1S/C16H19NO3S/c1-2-5-14-17(13(9-21-14)16(19)20)15(18)12-8-10-6-3-4-7-11(10)12/h3-4,6-7,12-14H,2,5,8-9H2,1H3,(H,19,20). The number of thioether (sulfide) groups is 1. The van der Waals surface area contributed by atoms with Gasteiger partial charge in [0, 0.05) is 5.75 Å². The van der Waals surface area contributed by atoms with Crippen molar-refractivity contribution in [2.45, 2.75) is 43.5 Å². The molecule has 4 nitrogen and oxygen atoms in total. The van der Waals surface area contributed by atoms with Crippen molar-refractivity contribution in [2.24, 2.45) is 0 Å². The van der Waals surface area contributed by atoms with Crippen LogP contribution in [0.3, 0.4) is 0 Å². The zero-order valence-electron chi connectivity index (χ0n) is 12.0. The Labute approximate surface area is 128 Å². The minimum absolute atomic E-state index is 0.00968. The summed E-state index contributed by atoms with van der Waals surface area (Å²) in [6, 6.07) is 7.26. The maximum absolute atomic E-state index is 12.8. The van der Waals surface area contributed by atoms with Crippen LogP contribution < -0.4 is 0 Å². The van der Waals surface area contributed by atoms with Gasteiger partial charge in [0.2, 0.25) is 5.91 Å². The largest absolute Gasteiger partial charge is 0.480 e. The van der Waals surface area contributed by atoms with Crippen LogP contribution in [0.2, 0.25) is 0 Å². The number of hydrogen-bond donors (Lipinski definition) is 1. The summed E-state index contributed by atoms with van der Waals surface area (Å²) < 4.78 is 0. The van der Waals surface area contributed by atoms with E-state index in [0.717, 1.165) is 24.8 Å². The van der Waals surface area contributed by atoms with E-state index in [1.165, 1.54) is 5.56 Å². The molecule has 1 saturated heterocycles. The zero-order valence-corrected chi connectivity index (χ0v) is 12.8. The van der Waals surface area contributed by atoms with E-state index in [1.54, 1.807) is 16.7 Å². The molecule has 1 heterocycles. The van der Waals surface area contributed by atoms with Gasteiger partial charge in [0.15, 0.2) is 0 Å². The normalized spacial score (nSPS) is 27.1. The average Bonchev–Trinajstić information content (AvgIpc) is 2.84. The summed E-state index contributed by atoms with van der Waals surface area (Å²) in [4.78, 5) is 25.9. The molecule has 2 aliphatic rings. The average molecular weight is 305 g/mol. The third-order valence-electron chi connectivity index (χ3n) is 4.32. The number of hydrogen-bond acceptors (Lipinski definition) is 3. The number of amides is 1. The zero-order chi connectivity index (χ0) is 15.0. The fourth-order valence-corrected chi connectivity index (χ4v) is 4.70. The third-order valence-corrected chi connectivity index (χ3v) is 5.68. The van der Waals surface area contributed by atoms with Crippen molar-refractivity contribution in [3.63, 3.8) is 0 Å². The Hall–Kier alpha value is -1.49. The van der Waals surface area contributed by atoms with Crippen LogP contribution in [0.1, 0.15) is 36.8 Å². The summed E-state index contributed by atoms with van der Waals surface area (Å²) >= 11 is 1.60. The Morgan fingerprint density at radius 3 is 2.81 bits per heavy atom.